The summed E-state index contributed by atoms with van der Waals surface area (Å²) in [6, 6.07) is 9.11. The predicted molar refractivity (Wildman–Crippen MR) is 120 cm³/mol. The summed E-state index contributed by atoms with van der Waals surface area (Å²) < 4.78 is 38.1. The van der Waals surface area contributed by atoms with E-state index in [1.807, 2.05) is 18.2 Å². The van der Waals surface area contributed by atoms with Crippen LogP contribution < -0.4 is 14.8 Å². The molecule has 0 bridgehead atoms. The molecule has 0 aromatic heterocycles. The average Bonchev–Trinajstić information content (AvgIpc) is 2.98. The number of halogens is 2. The number of hydrogen-bond acceptors (Lipinski definition) is 6. The highest BCUT2D eigenvalue weighted by Gasteiger charge is 2.17. The van der Waals surface area contributed by atoms with E-state index in [0.717, 1.165) is 44.2 Å². The van der Waals surface area contributed by atoms with Gasteiger partial charge in [-0.15, -0.1) is 0 Å². The third-order valence-corrected chi connectivity index (χ3v) is 5.60. The van der Waals surface area contributed by atoms with Gasteiger partial charge in [0.25, 0.3) is 0 Å². The van der Waals surface area contributed by atoms with Crippen molar-refractivity contribution in [1.82, 2.24) is 15.1 Å². The Morgan fingerprint density at radius 3 is 2.66 bits per heavy atom. The Labute approximate surface area is 188 Å². The summed E-state index contributed by atoms with van der Waals surface area (Å²) in [6.45, 7) is 5.47. The standard InChI is InChI=1S/C24H33F2N3O3/c1-28-8-3-9-29(11-10-28)16-21(30)17-32-24-12-18(4-7-23(24)31-2)14-27-15-19-5-6-20(25)13-22(19)26/h4-7,12-13,21,27,30H,3,8-11,14-17H2,1-2H3. The average molecular weight is 450 g/mol. The third-order valence-electron chi connectivity index (χ3n) is 5.60. The second kappa shape index (κ2) is 12.1. The molecule has 3 rings (SSSR count). The van der Waals surface area contributed by atoms with Crippen molar-refractivity contribution in [3.63, 3.8) is 0 Å². The van der Waals surface area contributed by atoms with Crippen molar-refractivity contribution in [2.24, 2.45) is 0 Å². The fourth-order valence-corrected chi connectivity index (χ4v) is 3.77. The number of hydrogen-bond donors (Lipinski definition) is 2. The molecule has 1 atom stereocenters. The van der Waals surface area contributed by atoms with Gasteiger partial charge in [-0.05, 0) is 50.3 Å². The summed E-state index contributed by atoms with van der Waals surface area (Å²) in [5.41, 5.74) is 1.33. The molecule has 1 aliphatic rings. The summed E-state index contributed by atoms with van der Waals surface area (Å²) in [4.78, 5) is 4.57. The minimum atomic E-state index is -0.605. The fraction of sp³-hybridized carbons (Fsp3) is 0.500. The molecule has 1 aliphatic heterocycles. The van der Waals surface area contributed by atoms with Crippen LogP contribution in [0.3, 0.4) is 0 Å². The molecule has 32 heavy (non-hydrogen) atoms. The lowest BCUT2D eigenvalue weighted by Crippen LogP contribution is -2.37. The van der Waals surface area contributed by atoms with Crippen molar-refractivity contribution in [1.29, 1.82) is 0 Å². The Balaban J connectivity index is 1.51. The van der Waals surface area contributed by atoms with Gasteiger partial charge in [-0.3, -0.25) is 4.90 Å². The van der Waals surface area contributed by atoms with Gasteiger partial charge < -0.3 is 24.8 Å². The molecule has 1 unspecified atom stereocenters. The fourth-order valence-electron chi connectivity index (χ4n) is 3.77. The Kier molecular flexibility index (Phi) is 9.23. The number of likely N-dealkylation sites (N-methyl/N-ethyl adjacent to an activating group) is 1. The zero-order chi connectivity index (χ0) is 22.9. The van der Waals surface area contributed by atoms with Gasteiger partial charge in [0.15, 0.2) is 11.5 Å². The van der Waals surface area contributed by atoms with Crippen LogP contribution in [-0.4, -0.2) is 74.5 Å². The van der Waals surface area contributed by atoms with E-state index >= 15 is 0 Å². The maximum atomic E-state index is 13.8. The summed E-state index contributed by atoms with van der Waals surface area (Å²) in [7, 11) is 3.69. The molecular weight excluding hydrogens is 416 g/mol. The molecule has 176 valence electrons. The number of methoxy groups -OCH3 is 1. The monoisotopic (exact) mass is 449 g/mol. The Morgan fingerprint density at radius 1 is 1.03 bits per heavy atom. The second-order valence-corrected chi connectivity index (χ2v) is 8.25. The number of ether oxygens (including phenoxy) is 2. The lowest BCUT2D eigenvalue weighted by atomic mass is 10.1. The summed E-state index contributed by atoms with van der Waals surface area (Å²) >= 11 is 0. The number of nitrogens with one attached hydrogen (secondary N) is 1. The molecular formula is C24H33F2N3O3. The summed E-state index contributed by atoms with van der Waals surface area (Å²) in [5.74, 6) is -0.0220. The number of aliphatic hydroxyl groups excluding tert-OH is 1. The van der Waals surface area contributed by atoms with Crippen LogP contribution in [0.2, 0.25) is 0 Å². The molecule has 0 spiro atoms. The zero-order valence-corrected chi connectivity index (χ0v) is 18.8. The Hall–Kier alpha value is -2.26. The number of nitrogens with zero attached hydrogens (tertiary/aromatic N) is 2. The van der Waals surface area contributed by atoms with E-state index in [4.69, 9.17) is 9.47 Å². The van der Waals surface area contributed by atoms with Crippen LogP contribution in [0.25, 0.3) is 0 Å². The van der Waals surface area contributed by atoms with Crippen LogP contribution in [0, 0.1) is 11.6 Å². The maximum absolute atomic E-state index is 13.8. The smallest absolute Gasteiger partial charge is 0.161 e. The third kappa shape index (κ3) is 7.41. The number of β-amino-alcohol motifs (C(OH)–C–C–N with tert-alkyl or cyclic N) is 1. The second-order valence-electron chi connectivity index (χ2n) is 8.25. The van der Waals surface area contributed by atoms with Gasteiger partial charge in [0.2, 0.25) is 0 Å². The topological polar surface area (TPSA) is 57.2 Å². The van der Waals surface area contributed by atoms with Gasteiger partial charge in [-0.25, -0.2) is 8.78 Å². The molecule has 1 saturated heterocycles. The molecule has 0 saturated carbocycles. The quantitative estimate of drug-likeness (QED) is 0.582. The van der Waals surface area contributed by atoms with E-state index in [-0.39, 0.29) is 13.2 Å². The minimum Gasteiger partial charge on any atom is -0.493 e. The van der Waals surface area contributed by atoms with Crippen LogP contribution in [0.15, 0.2) is 36.4 Å². The molecule has 6 nitrogen and oxygen atoms in total. The molecule has 1 heterocycles. The van der Waals surface area contributed by atoms with E-state index in [0.29, 0.717) is 30.2 Å². The van der Waals surface area contributed by atoms with Crippen LogP contribution >= 0.6 is 0 Å². The van der Waals surface area contributed by atoms with E-state index < -0.39 is 17.7 Å². The highest BCUT2D eigenvalue weighted by atomic mass is 19.1. The molecule has 2 aromatic carbocycles. The van der Waals surface area contributed by atoms with Crippen molar-refractivity contribution >= 4 is 0 Å². The van der Waals surface area contributed by atoms with Gasteiger partial charge in [0.1, 0.15) is 24.3 Å². The summed E-state index contributed by atoms with van der Waals surface area (Å²) in [5, 5.41) is 13.6. The van der Waals surface area contributed by atoms with Crippen molar-refractivity contribution in [2.75, 3.05) is 53.5 Å². The van der Waals surface area contributed by atoms with Crippen LogP contribution in [-0.2, 0) is 13.1 Å². The molecule has 2 N–H and O–H groups in total. The van der Waals surface area contributed by atoms with E-state index in [1.165, 1.54) is 12.1 Å². The van der Waals surface area contributed by atoms with Gasteiger partial charge in [0, 0.05) is 44.4 Å². The van der Waals surface area contributed by atoms with Crippen molar-refractivity contribution in [2.45, 2.75) is 25.6 Å². The van der Waals surface area contributed by atoms with Crippen molar-refractivity contribution in [3.05, 3.63) is 59.2 Å². The molecule has 2 aromatic rings. The zero-order valence-electron chi connectivity index (χ0n) is 18.8. The van der Waals surface area contributed by atoms with Crippen molar-refractivity contribution < 1.29 is 23.4 Å². The lowest BCUT2D eigenvalue weighted by molar-refractivity contribution is 0.0685. The van der Waals surface area contributed by atoms with E-state index in [9.17, 15) is 13.9 Å². The van der Waals surface area contributed by atoms with E-state index in [1.54, 1.807) is 7.11 Å². The van der Waals surface area contributed by atoms with Gasteiger partial charge >= 0.3 is 0 Å². The number of aliphatic hydroxyl groups is 1. The molecule has 1 fully saturated rings. The minimum absolute atomic E-state index is 0.167. The highest BCUT2D eigenvalue weighted by Crippen LogP contribution is 2.28. The van der Waals surface area contributed by atoms with Gasteiger partial charge in [0.05, 0.1) is 7.11 Å². The van der Waals surface area contributed by atoms with Gasteiger partial charge in [-0.2, -0.15) is 0 Å². The number of rotatable bonds is 10. The normalized spacial score (nSPS) is 16.5. The highest BCUT2D eigenvalue weighted by molar-refractivity contribution is 5.43. The molecule has 0 amide bonds. The first-order valence-corrected chi connectivity index (χ1v) is 11.0. The largest absolute Gasteiger partial charge is 0.493 e. The Bertz CT molecular complexity index is 868. The maximum Gasteiger partial charge on any atom is 0.161 e. The number of benzene rings is 2. The van der Waals surface area contributed by atoms with Crippen molar-refractivity contribution in [3.8, 4) is 11.5 Å². The molecule has 8 heteroatoms. The first-order chi connectivity index (χ1) is 15.4. The predicted octanol–water partition coefficient (Wildman–Crippen LogP) is 2.64. The Morgan fingerprint density at radius 2 is 1.88 bits per heavy atom. The summed E-state index contributed by atoms with van der Waals surface area (Å²) in [6.07, 6.45) is 0.487. The lowest BCUT2D eigenvalue weighted by Gasteiger charge is -2.23. The molecule has 0 aliphatic carbocycles. The first-order valence-electron chi connectivity index (χ1n) is 11.0. The SMILES string of the molecule is COc1ccc(CNCc2ccc(F)cc2F)cc1OCC(O)CN1CCCN(C)CC1. The van der Waals surface area contributed by atoms with E-state index in [2.05, 4.69) is 22.2 Å². The van der Waals surface area contributed by atoms with Crippen LogP contribution in [0.4, 0.5) is 8.78 Å². The van der Waals surface area contributed by atoms with Crippen LogP contribution in [0.5, 0.6) is 11.5 Å². The molecule has 0 radical (unpaired) electrons. The first kappa shape index (κ1) is 24.4. The van der Waals surface area contributed by atoms with Crippen LogP contribution in [0.1, 0.15) is 17.5 Å². The van der Waals surface area contributed by atoms with Gasteiger partial charge in [-0.1, -0.05) is 12.1 Å².